The Morgan fingerprint density at radius 1 is 1.21 bits per heavy atom. The number of aromatic amines is 1. The molecule has 0 spiro atoms. The molecule has 0 radical (unpaired) electrons. The van der Waals surface area contributed by atoms with Gasteiger partial charge in [0.1, 0.15) is 11.3 Å². The molecule has 4 aromatic rings. The van der Waals surface area contributed by atoms with Crippen molar-refractivity contribution in [3.63, 3.8) is 0 Å². The second kappa shape index (κ2) is 10.2. The first-order valence-electron chi connectivity index (χ1n) is 12.9. The molecule has 1 saturated heterocycles. The molecule has 3 heterocycles. The Balaban J connectivity index is 1.42. The predicted octanol–water partition coefficient (Wildman–Crippen LogP) is 3.92. The van der Waals surface area contributed by atoms with E-state index in [1.165, 1.54) is 0 Å². The van der Waals surface area contributed by atoms with Crippen LogP contribution in [0.3, 0.4) is 0 Å². The highest BCUT2D eigenvalue weighted by molar-refractivity contribution is 6.17. The molecule has 1 amide bonds. The van der Waals surface area contributed by atoms with Crippen LogP contribution < -0.4 is 16.6 Å². The van der Waals surface area contributed by atoms with Crippen molar-refractivity contribution in [3.05, 3.63) is 76.2 Å². The lowest BCUT2D eigenvalue weighted by Crippen LogP contribution is -2.47. The summed E-state index contributed by atoms with van der Waals surface area (Å²) in [6, 6.07) is 15.1. The van der Waals surface area contributed by atoms with Crippen LogP contribution in [0.4, 0.5) is 16.3 Å². The maximum absolute atomic E-state index is 12.9. The number of nitrogen functional groups attached to an aromatic ring is 1. The number of rotatable bonds is 5. The fourth-order valence-corrected chi connectivity index (χ4v) is 4.75. The number of aromatic nitrogens is 4. The number of hydrogen-bond acceptors (Lipinski definition) is 8. The minimum absolute atomic E-state index is 0.0296. The van der Waals surface area contributed by atoms with Gasteiger partial charge in [-0.15, -0.1) is 0 Å². The van der Waals surface area contributed by atoms with Gasteiger partial charge < -0.3 is 20.7 Å². The Hall–Kier alpha value is -4.67. The highest BCUT2D eigenvalue weighted by Crippen LogP contribution is 2.26. The van der Waals surface area contributed by atoms with Crippen molar-refractivity contribution in [3.8, 4) is 5.69 Å². The van der Waals surface area contributed by atoms with Gasteiger partial charge >= 0.3 is 6.09 Å². The zero-order chi connectivity index (χ0) is 27.7. The summed E-state index contributed by atoms with van der Waals surface area (Å²) in [6.45, 7) is 6.40. The van der Waals surface area contributed by atoms with E-state index < -0.39 is 17.3 Å². The van der Waals surface area contributed by atoms with Crippen molar-refractivity contribution in [1.82, 2.24) is 24.9 Å². The zero-order valence-corrected chi connectivity index (χ0v) is 22.2. The smallest absolute Gasteiger partial charge is 0.410 e. The molecule has 0 saturated carbocycles. The van der Waals surface area contributed by atoms with Crippen LogP contribution in [-0.2, 0) is 4.74 Å². The van der Waals surface area contributed by atoms with Gasteiger partial charge in [0, 0.05) is 30.1 Å². The quantitative estimate of drug-likeness (QED) is 0.286. The van der Waals surface area contributed by atoms with E-state index in [4.69, 9.17) is 15.9 Å². The van der Waals surface area contributed by atoms with E-state index in [-0.39, 0.29) is 28.8 Å². The number of piperidine rings is 1. The number of nitrogens with two attached hydrogens (primary N) is 1. The van der Waals surface area contributed by atoms with E-state index in [0.29, 0.717) is 18.7 Å². The van der Waals surface area contributed by atoms with Gasteiger partial charge in [-0.2, -0.15) is 10.2 Å². The molecular weight excluding hydrogens is 496 g/mol. The SMILES string of the molecule is CC(C)(C)OC(=O)N1CCC[C@@H](Nc2c(C(=N)c3ccc4c(cnn4-c4ccccc4)c3)c(N)n[nH]c2=O)C1. The fourth-order valence-electron chi connectivity index (χ4n) is 4.75. The number of fused-ring (bicyclic) bond motifs is 1. The third-order valence-corrected chi connectivity index (χ3v) is 6.54. The molecule has 0 aliphatic carbocycles. The van der Waals surface area contributed by atoms with Crippen molar-refractivity contribution in [1.29, 1.82) is 5.41 Å². The standard InChI is InChI=1S/C28H32N8O3/c1-28(2,3)39-27(38)35-13-7-8-19(16-35)32-24-22(25(30)33-34-26(24)37)23(29)17-11-12-21-18(14-17)15-31-36(21)20-9-5-4-6-10-20/h4-6,9-12,14-15,19,29H,7-8,13,16H2,1-3H3,(H,34,37)(H3,30,32,33)/t19-/m1/s1. The minimum atomic E-state index is -0.602. The van der Waals surface area contributed by atoms with Crippen molar-refractivity contribution >= 4 is 34.2 Å². The lowest BCUT2D eigenvalue weighted by molar-refractivity contribution is 0.0206. The Kier molecular flexibility index (Phi) is 6.81. The number of amides is 1. The summed E-state index contributed by atoms with van der Waals surface area (Å²) in [7, 11) is 0. The predicted molar refractivity (Wildman–Crippen MR) is 151 cm³/mol. The molecule has 0 unspecified atom stereocenters. The van der Waals surface area contributed by atoms with Gasteiger partial charge in [0.2, 0.25) is 0 Å². The summed E-state index contributed by atoms with van der Waals surface area (Å²) in [4.78, 5) is 27.2. The molecule has 5 N–H and O–H groups in total. The maximum Gasteiger partial charge on any atom is 0.410 e. The van der Waals surface area contributed by atoms with Gasteiger partial charge in [0.05, 0.1) is 28.7 Å². The normalized spacial score (nSPS) is 15.8. The molecule has 11 heteroatoms. The van der Waals surface area contributed by atoms with E-state index in [0.717, 1.165) is 29.4 Å². The first-order valence-corrected chi connectivity index (χ1v) is 12.9. The van der Waals surface area contributed by atoms with Crippen molar-refractivity contribution < 1.29 is 9.53 Å². The first kappa shape index (κ1) is 26.0. The second-order valence-electron chi connectivity index (χ2n) is 10.6. The maximum atomic E-state index is 12.9. The van der Waals surface area contributed by atoms with Gasteiger partial charge in [0.15, 0.2) is 5.82 Å². The number of likely N-dealkylation sites (tertiary alicyclic amines) is 1. The van der Waals surface area contributed by atoms with Crippen molar-refractivity contribution in [2.75, 3.05) is 24.1 Å². The minimum Gasteiger partial charge on any atom is -0.444 e. The molecule has 1 atom stereocenters. The van der Waals surface area contributed by atoms with E-state index in [2.05, 4.69) is 20.6 Å². The molecule has 11 nitrogen and oxygen atoms in total. The van der Waals surface area contributed by atoms with Gasteiger partial charge in [-0.25, -0.2) is 14.6 Å². The van der Waals surface area contributed by atoms with E-state index in [1.807, 2.05) is 67.9 Å². The average Bonchev–Trinajstić information content (AvgIpc) is 3.34. The molecule has 1 fully saturated rings. The largest absolute Gasteiger partial charge is 0.444 e. The first-order chi connectivity index (χ1) is 18.6. The third-order valence-electron chi connectivity index (χ3n) is 6.54. The Labute approximate surface area is 225 Å². The average molecular weight is 529 g/mol. The fraction of sp³-hybridized carbons (Fsp3) is 0.321. The summed E-state index contributed by atoms with van der Waals surface area (Å²) >= 11 is 0. The molecule has 0 bridgehead atoms. The molecule has 1 aliphatic rings. The monoisotopic (exact) mass is 528 g/mol. The Morgan fingerprint density at radius 3 is 2.72 bits per heavy atom. The second-order valence-corrected chi connectivity index (χ2v) is 10.6. The number of carbonyl (C=O) groups is 1. The molecule has 1 aliphatic heterocycles. The zero-order valence-electron chi connectivity index (χ0n) is 22.2. The van der Waals surface area contributed by atoms with Crippen LogP contribution in [0.1, 0.15) is 44.7 Å². The third kappa shape index (κ3) is 5.47. The van der Waals surface area contributed by atoms with Gasteiger partial charge in [-0.05, 0) is 57.9 Å². The number of H-pyrrole nitrogens is 1. The molecular formula is C28H32N8O3. The molecule has 5 rings (SSSR count). The Bertz CT molecular complexity index is 1590. The van der Waals surface area contributed by atoms with Crippen molar-refractivity contribution in [2.45, 2.75) is 45.3 Å². The molecule has 2 aromatic heterocycles. The van der Waals surface area contributed by atoms with E-state index in [9.17, 15) is 9.59 Å². The lowest BCUT2D eigenvalue weighted by Gasteiger charge is -2.35. The topological polar surface area (TPSA) is 155 Å². The van der Waals surface area contributed by atoms with Gasteiger partial charge in [-0.1, -0.05) is 24.3 Å². The molecule has 39 heavy (non-hydrogen) atoms. The van der Waals surface area contributed by atoms with Gasteiger partial charge in [-0.3, -0.25) is 10.2 Å². The number of carbonyl (C=O) groups excluding carboxylic acids is 1. The number of benzene rings is 2. The summed E-state index contributed by atoms with van der Waals surface area (Å²) in [5.41, 5.74) is 7.92. The number of nitrogens with one attached hydrogen (secondary N) is 3. The van der Waals surface area contributed by atoms with E-state index in [1.54, 1.807) is 17.2 Å². The molecule has 202 valence electrons. The number of anilines is 2. The number of para-hydroxylation sites is 1. The van der Waals surface area contributed by atoms with Crippen LogP contribution in [0, 0.1) is 5.41 Å². The summed E-state index contributed by atoms with van der Waals surface area (Å²) in [6.07, 6.45) is 2.82. The van der Waals surface area contributed by atoms with Crippen LogP contribution in [0.15, 0.2) is 59.5 Å². The molecule has 2 aromatic carbocycles. The lowest BCUT2D eigenvalue weighted by atomic mass is 9.99. The number of ether oxygens (including phenoxy) is 1. The highest BCUT2D eigenvalue weighted by Gasteiger charge is 2.29. The number of hydrogen-bond donors (Lipinski definition) is 4. The van der Waals surface area contributed by atoms with Crippen LogP contribution in [0.5, 0.6) is 0 Å². The number of nitrogens with zero attached hydrogens (tertiary/aromatic N) is 4. The van der Waals surface area contributed by atoms with Crippen molar-refractivity contribution in [2.24, 2.45) is 0 Å². The summed E-state index contributed by atoms with van der Waals surface area (Å²) in [5.74, 6) is 0.0296. The van der Waals surface area contributed by atoms with Crippen LogP contribution in [0.2, 0.25) is 0 Å². The van der Waals surface area contributed by atoms with Crippen LogP contribution in [-0.4, -0.2) is 61.4 Å². The van der Waals surface area contributed by atoms with Gasteiger partial charge in [0.25, 0.3) is 5.56 Å². The summed E-state index contributed by atoms with van der Waals surface area (Å²) < 4.78 is 7.36. The Morgan fingerprint density at radius 2 is 1.97 bits per heavy atom. The van der Waals surface area contributed by atoms with E-state index >= 15 is 0 Å². The summed E-state index contributed by atoms with van der Waals surface area (Å²) in [5, 5.41) is 23.9. The highest BCUT2D eigenvalue weighted by atomic mass is 16.6. The van der Waals surface area contributed by atoms with Crippen LogP contribution >= 0.6 is 0 Å². The van der Waals surface area contributed by atoms with Crippen LogP contribution in [0.25, 0.3) is 16.6 Å².